The van der Waals surface area contributed by atoms with Crippen LogP contribution in [0.4, 0.5) is 0 Å². The van der Waals surface area contributed by atoms with Crippen molar-refractivity contribution in [1.82, 2.24) is 20.0 Å². The highest BCUT2D eigenvalue weighted by molar-refractivity contribution is 5.62. The molecule has 5 rings (SSSR count). The molecule has 3 saturated heterocycles. The summed E-state index contributed by atoms with van der Waals surface area (Å²) < 4.78 is 0. The van der Waals surface area contributed by atoms with E-state index in [0.717, 1.165) is 12.5 Å². The van der Waals surface area contributed by atoms with Crippen LogP contribution in [0.5, 0.6) is 0 Å². The molecule has 3 aliphatic heterocycles. The van der Waals surface area contributed by atoms with Crippen molar-refractivity contribution < 1.29 is 0 Å². The van der Waals surface area contributed by atoms with Crippen molar-refractivity contribution in [3.05, 3.63) is 42.1 Å². The molecule has 0 radical (unpaired) electrons. The van der Waals surface area contributed by atoms with Gasteiger partial charge in [0.05, 0.1) is 11.9 Å². The van der Waals surface area contributed by atoms with Gasteiger partial charge in [-0.2, -0.15) is 5.10 Å². The molecular formula is C18H24N4. The molecule has 4 heterocycles. The lowest BCUT2D eigenvalue weighted by atomic mass is 9.94. The first-order valence-electron chi connectivity index (χ1n) is 8.30. The third-order valence-electron chi connectivity index (χ3n) is 5.16. The predicted octanol–water partition coefficient (Wildman–Crippen LogP) is 2.60. The Hall–Kier alpha value is -1.65. The highest BCUT2D eigenvalue weighted by atomic mass is 15.3. The van der Waals surface area contributed by atoms with Gasteiger partial charge in [-0.25, -0.2) is 0 Å². The highest BCUT2D eigenvalue weighted by Crippen LogP contribution is 2.30. The van der Waals surface area contributed by atoms with E-state index in [0.29, 0.717) is 6.04 Å². The van der Waals surface area contributed by atoms with Crippen molar-refractivity contribution in [2.24, 2.45) is 5.92 Å². The first-order valence-corrected chi connectivity index (χ1v) is 8.30. The van der Waals surface area contributed by atoms with Crippen LogP contribution in [0.2, 0.25) is 0 Å². The molecule has 3 aliphatic rings. The molecule has 116 valence electrons. The van der Waals surface area contributed by atoms with Gasteiger partial charge in [0.25, 0.3) is 0 Å². The second kappa shape index (κ2) is 5.86. The van der Waals surface area contributed by atoms with Crippen LogP contribution >= 0.6 is 0 Å². The molecule has 0 saturated carbocycles. The van der Waals surface area contributed by atoms with E-state index >= 15 is 0 Å². The molecule has 0 aliphatic carbocycles. The Balaban J connectivity index is 1.56. The number of aromatic amines is 1. The maximum Gasteiger partial charge on any atom is 0.0695 e. The Labute approximate surface area is 132 Å². The summed E-state index contributed by atoms with van der Waals surface area (Å²) in [6.45, 7) is 4.70. The van der Waals surface area contributed by atoms with Crippen molar-refractivity contribution in [3.63, 3.8) is 0 Å². The number of aromatic nitrogens is 2. The van der Waals surface area contributed by atoms with Crippen molar-refractivity contribution in [1.29, 1.82) is 0 Å². The Morgan fingerprint density at radius 1 is 1.14 bits per heavy atom. The van der Waals surface area contributed by atoms with E-state index in [-0.39, 0.29) is 0 Å². The van der Waals surface area contributed by atoms with Crippen LogP contribution in [0.1, 0.15) is 18.4 Å². The van der Waals surface area contributed by atoms with E-state index < -0.39 is 0 Å². The van der Waals surface area contributed by atoms with E-state index in [4.69, 9.17) is 0 Å². The van der Waals surface area contributed by atoms with Gasteiger partial charge in [-0.3, -0.25) is 10.00 Å². The fourth-order valence-corrected chi connectivity index (χ4v) is 4.11. The topological polar surface area (TPSA) is 35.2 Å². The van der Waals surface area contributed by atoms with E-state index in [9.17, 15) is 0 Å². The maximum atomic E-state index is 4.30. The number of piperidine rings is 1. The molecular weight excluding hydrogens is 272 g/mol. The Kier molecular flexibility index (Phi) is 3.72. The zero-order valence-electron chi connectivity index (χ0n) is 13.2. The van der Waals surface area contributed by atoms with Gasteiger partial charge in [-0.05, 0) is 31.4 Å². The summed E-state index contributed by atoms with van der Waals surface area (Å²) in [5.41, 5.74) is 3.72. The zero-order valence-corrected chi connectivity index (χ0v) is 13.2. The Morgan fingerprint density at radius 3 is 2.86 bits per heavy atom. The minimum atomic E-state index is 0.697. The lowest BCUT2D eigenvalue weighted by molar-refractivity contribution is 0.124. The number of hydrogen-bond donors (Lipinski definition) is 1. The Bertz CT molecular complexity index is 621. The fraction of sp³-hybridized carbons (Fsp3) is 0.500. The molecule has 1 N–H and O–H groups in total. The molecule has 0 amide bonds. The third-order valence-corrected chi connectivity index (χ3v) is 5.16. The molecule has 2 aromatic rings. The molecule has 4 nitrogen and oxygen atoms in total. The molecule has 2 atom stereocenters. The second-order valence-corrected chi connectivity index (χ2v) is 6.88. The monoisotopic (exact) mass is 296 g/mol. The fourth-order valence-electron chi connectivity index (χ4n) is 4.11. The summed E-state index contributed by atoms with van der Waals surface area (Å²) in [4.78, 5) is 5.19. The predicted molar refractivity (Wildman–Crippen MR) is 88.4 cm³/mol. The maximum absolute atomic E-state index is 4.30. The SMILES string of the molecule is CN1C[C@@H]2CC[C@H](C1)N(Cc1cn[nH]c1-c1ccccc1)C2. The van der Waals surface area contributed by atoms with Crippen LogP contribution in [0.3, 0.4) is 0 Å². The van der Waals surface area contributed by atoms with Crippen molar-refractivity contribution >= 4 is 0 Å². The van der Waals surface area contributed by atoms with Crippen molar-refractivity contribution in [3.8, 4) is 11.3 Å². The van der Waals surface area contributed by atoms with Gasteiger partial charge in [-0.15, -0.1) is 0 Å². The van der Waals surface area contributed by atoms with Crippen LogP contribution in [0.15, 0.2) is 36.5 Å². The van der Waals surface area contributed by atoms with E-state index in [2.05, 4.69) is 57.4 Å². The molecule has 0 spiro atoms. The molecule has 4 heteroatoms. The third kappa shape index (κ3) is 2.69. The number of rotatable bonds is 3. The Morgan fingerprint density at radius 2 is 2.00 bits per heavy atom. The van der Waals surface area contributed by atoms with Crippen LogP contribution < -0.4 is 0 Å². The van der Waals surface area contributed by atoms with Gasteiger partial charge < -0.3 is 4.90 Å². The summed E-state index contributed by atoms with van der Waals surface area (Å²) in [6, 6.07) is 11.2. The highest BCUT2D eigenvalue weighted by Gasteiger charge is 2.33. The lowest BCUT2D eigenvalue weighted by Gasteiger charge is -2.36. The zero-order chi connectivity index (χ0) is 14.9. The van der Waals surface area contributed by atoms with Gasteiger partial charge in [0, 0.05) is 37.8 Å². The number of benzene rings is 1. The average molecular weight is 296 g/mol. The largest absolute Gasteiger partial charge is 0.304 e. The van der Waals surface area contributed by atoms with Crippen molar-refractivity contribution in [2.75, 3.05) is 26.7 Å². The number of likely N-dealkylation sites (N-methyl/N-ethyl adjacent to an activating group) is 1. The number of fused-ring (bicyclic) bond motifs is 4. The molecule has 1 aromatic carbocycles. The van der Waals surface area contributed by atoms with Crippen molar-refractivity contribution in [2.45, 2.75) is 25.4 Å². The molecule has 1 aromatic heterocycles. The molecule has 3 fully saturated rings. The first kappa shape index (κ1) is 14.0. The first-order chi connectivity index (χ1) is 10.8. The summed E-state index contributed by atoms with van der Waals surface area (Å²) in [5, 5.41) is 7.50. The molecule has 22 heavy (non-hydrogen) atoms. The van der Waals surface area contributed by atoms with Gasteiger partial charge in [0.2, 0.25) is 0 Å². The minimum absolute atomic E-state index is 0.697. The smallest absolute Gasteiger partial charge is 0.0695 e. The summed E-state index contributed by atoms with van der Waals surface area (Å²) in [6.07, 6.45) is 4.74. The van der Waals surface area contributed by atoms with Crippen LogP contribution in [-0.2, 0) is 6.54 Å². The van der Waals surface area contributed by atoms with Gasteiger partial charge in [-0.1, -0.05) is 30.3 Å². The second-order valence-electron chi connectivity index (χ2n) is 6.88. The van der Waals surface area contributed by atoms with Crippen LogP contribution in [-0.4, -0.2) is 52.7 Å². The minimum Gasteiger partial charge on any atom is -0.304 e. The van der Waals surface area contributed by atoms with E-state index in [1.807, 2.05) is 6.20 Å². The normalized spacial score (nSPS) is 26.2. The summed E-state index contributed by atoms with van der Waals surface area (Å²) >= 11 is 0. The average Bonchev–Trinajstić information content (AvgIpc) is 2.84. The molecule has 2 bridgehead atoms. The number of hydrogen-bond acceptors (Lipinski definition) is 3. The quantitative estimate of drug-likeness (QED) is 0.945. The van der Waals surface area contributed by atoms with Gasteiger partial charge in [0.15, 0.2) is 0 Å². The number of H-pyrrole nitrogens is 1. The standard InChI is InChI=1S/C18H24N4/c1-21-10-14-7-8-17(13-21)22(11-14)12-16-9-19-20-18(16)15-5-3-2-4-6-15/h2-6,9,14,17H,7-8,10-13H2,1H3,(H,19,20)/t14-,17+/m0/s1. The van der Waals surface area contributed by atoms with Crippen LogP contribution in [0, 0.1) is 5.92 Å². The van der Waals surface area contributed by atoms with E-state index in [1.54, 1.807) is 0 Å². The van der Waals surface area contributed by atoms with Crippen LogP contribution in [0.25, 0.3) is 11.3 Å². The lowest BCUT2D eigenvalue weighted by Crippen LogP contribution is -2.43. The molecule has 0 unspecified atom stereocenters. The summed E-state index contributed by atoms with van der Waals surface area (Å²) in [5.74, 6) is 0.829. The van der Waals surface area contributed by atoms with Gasteiger partial charge >= 0.3 is 0 Å². The number of nitrogens with zero attached hydrogens (tertiary/aromatic N) is 3. The summed E-state index contributed by atoms with van der Waals surface area (Å²) in [7, 11) is 2.27. The van der Waals surface area contributed by atoms with E-state index in [1.165, 1.54) is 49.3 Å². The number of nitrogens with one attached hydrogen (secondary N) is 1. The van der Waals surface area contributed by atoms with Gasteiger partial charge in [0.1, 0.15) is 0 Å².